The number of hydrogen-bond acceptors (Lipinski definition) is 3. The fourth-order valence-corrected chi connectivity index (χ4v) is 1.37. The molecule has 1 rings (SSSR count). The van der Waals surface area contributed by atoms with Crippen LogP contribution in [0.4, 0.5) is 0 Å². The Bertz CT molecular complexity index is 181. The minimum Gasteiger partial charge on any atom is -0.363 e. The highest BCUT2D eigenvalue weighted by Crippen LogP contribution is 2.07. The van der Waals surface area contributed by atoms with Gasteiger partial charge < -0.3 is 15.0 Å². The zero-order valence-electron chi connectivity index (χ0n) is 9.08. The van der Waals surface area contributed by atoms with Crippen molar-refractivity contribution in [1.82, 2.24) is 10.2 Å². The minimum atomic E-state index is -0.150. The summed E-state index contributed by atoms with van der Waals surface area (Å²) in [6.45, 7) is 5.69. The highest BCUT2D eigenvalue weighted by molar-refractivity contribution is 5.82. The molecule has 1 unspecified atom stereocenters. The number of nitrogens with one attached hydrogen (secondary N) is 1. The maximum absolute atomic E-state index is 11.1. The molecule has 1 heterocycles. The monoisotopic (exact) mass is 200 g/mol. The van der Waals surface area contributed by atoms with Crippen molar-refractivity contribution in [3.8, 4) is 0 Å². The van der Waals surface area contributed by atoms with Crippen molar-refractivity contribution in [2.45, 2.75) is 25.9 Å². The lowest BCUT2D eigenvalue weighted by atomic mass is 10.3. The third-order valence-electron chi connectivity index (χ3n) is 2.25. The zero-order chi connectivity index (χ0) is 10.4. The van der Waals surface area contributed by atoms with Crippen LogP contribution in [0.15, 0.2) is 0 Å². The molecule has 82 valence electrons. The molecule has 4 nitrogen and oxygen atoms in total. The van der Waals surface area contributed by atoms with Gasteiger partial charge in [-0.25, -0.2) is 0 Å². The Balaban J connectivity index is 1.90. The maximum Gasteiger partial charge on any atom is 0.251 e. The van der Waals surface area contributed by atoms with Crippen molar-refractivity contribution in [1.29, 1.82) is 0 Å². The lowest BCUT2D eigenvalue weighted by molar-refractivity contribution is -0.122. The molecule has 1 saturated heterocycles. The van der Waals surface area contributed by atoms with Gasteiger partial charge in [-0.2, -0.15) is 0 Å². The third-order valence-corrected chi connectivity index (χ3v) is 2.25. The van der Waals surface area contributed by atoms with E-state index in [2.05, 4.69) is 24.2 Å². The molecular formula is C10H20N2O2. The van der Waals surface area contributed by atoms with Crippen molar-refractivity contribution in [3.05, 3.63) is 0 Å². The van der Waals surface area contributed by atoms with Crippen LogP contribution in [-0.4, -0.2) is 50.2 Å². The Morgan fingerprint density at radius 3 is 2.86 bits per heavy atom. The maximum atomic E-state index is 11.1. The van der Waals surface area contributed by atoms with Crippen LogP contribution in [0.5, 0.6) is 0 Å². The molecule has 0 radical (unpaired) electrons. The molecule has 1 atom stereocenters. The van der Waals surface area contributed by atoms with Crippen LogP contribution in [0.1, 0.15) is 19.8 Å². The molecule has 0 bridgehead atoms. The molecule has 0 aromatic rings. The quantitative estimate of drug-likeness (QED) is 0.473. The SMILES string of the molecule is CCCN(C)CCCNC(=O)C1CO1. The summed E-state index contributed by atoms with van der Waals surface area (Å²) in [7, 11) is 2.11. The number of carbonyl (C=O) groups is 1. The fraction of sp³-hybridized carbons (Fsp3) is 0.900. The molecule has 1 amide bonds. The van der Waals surface area contributed by atoms with Crippen LogP contribution in [-0.2, 0) is 9.53 Å². The van der Waals surface area contributed by atoms with Gasteiger partial charge in [0, 0.05) is 6.54 Å². The predicted molar refractivity (Wildman–Crippen MR) is 55.2 cm³/mol. The lowest BCUT2D eigenvalue weighted by Crippen LogP contribution is -2.31. The Labute approximate surface area is 85.6 Å². The number of nitrogens with zero attached hydrogens (tertiary/aromatic N) is 1. The Kier molecular flexibility index (Phi) is 4.90. The number of amides is 1. The van der Waals surface area contributed by atoms with E-state index in [0.717, 1.165) is 26.1 Å². The minimum absolute atomic E-state index is 0.0446. The fourth-order valence-electron chi connectivity index (χ4n) is 1.37. The third kappa shape index (κ3) is 4.58. The molecule has 1 fully saturated rings. The summed E-state index contributed by atoms with van der Waals surface area (Å²) in [5.74, 6) is 0.0446. The molecule has 1 aliphatic heterocycles. The van der Waals surface area contributed by atoms with E-state index in [4.69, 9.17) is 4.74 Å². The summed E-state index contributed by atoms with van der Waals surface area (Å²) in [5, 5.41) is 2.85. The second kappa shape index (κ2) is 5.98. The molecule has 0 spiro atoms. The van der Waals surface area contributed by atoms with Crippen molar-refractivity contribution in [2.24, 2.45) is 0 Å². The standard InChI is InChI=1S/C10H20N2O2/c1-3-6-12(2)7-4-5-11-10(13)9-8-14-9/h9H,3-8H2,1-2H3,(H,11,13). The summed E-state index contributed by atoms with van der Waals surface area (Å²) in [4.78, 5) is 13.4. The van der Waals surface area contributed by atoms with Gasteiger partial charge in [-0.3, -0.25) is 4.79 Å². The van der Waals surface area contributed by atoms with Gasteiger partial charge in [0.15, 0.2) is 6.10 Å². The van der Waals surface area contributed by atoms with Gasteiger partial charge in [0.25, 0.3) is 5.91 Å². The van der Waals surface area contributed by atoms with Crippen molar-refractivity contribution < 1.29 is 9.53 Å². The van der Waals surface area contributed by atoms with Gasteiger partial charge in [0.1, 0.15) is 0 Å². The van der Waals surface area contributed by atoms with Crippen LogP contribution in [0.25, 0.3) is 0 Å². The largest absolute Gasteiger partial charge is 0.363 e. The first-order valence-corrected chi connectivity index (χ1v) is 5.32. The number of epoxide rings is 1. The van der Waals surface area contributed by atoms with E-state index < -0.39 is 0 Å². The average molecular weight is 200 g/mol. The van der Waals surface area contributed by atoms with Crippen LogP contribution in [0, 0.1) is 0 Å². The van der Waals surface area contributed by atoms with E-state index in [9.17, 15) is 4.79 Å². The van der Waals surface area contributed by atoms with E-state index in [-0.39, 0.29) is 12.0 Å². The molecule has 0 aliphatic carbocycles. The first-order valence-electron chi connectivity index (χ1n) is 5.32. The van der Waals surface area contributed by atoms with Crippen molar-refractivity contribution >= 4 is 5.91 Å². The molecule has 1 aliphatic rings. The number of ether oxygens (including phenoxy) is 1. The smallest absolute Gasteiger partial charge is 0.251 e. The van der Waals surface area contributed by atoms with Gasteiger partial charge in [-0.05, 0) is 33.0 Å². The topological polar surface area (TPSA) is 44.9 Å². The van der Waals surface area contributed by atoms with Gasteiger partial charge >= 0.3 is 0 Å². The predicted octanol–water partition coefficient (Wildman–Crippen LogP) is 0.233. The first-order chi connectivity index (χ1) is 6.74. The summed E-state index contributed by atoms with van der Waals surface area (Å²) in [6.07, 6.45) is 2.04. The molecule has 4 heteroatoms. The first kappa shape index (κ1) is 11.5. The van der Waals surface area contributed by atoms with Gasteiger partial charge in [-0.1, -0.05) is 6.92 Å². The summed E-state index contributed by atoms with van der Waals surface area (Å²) in [5.41, 5.74) is 0. The number of hydrogen-bond donors (Lipinski definition) is 1. The van der Waals surface area contributed by atoms with E-state index in [1.807, 2.05) is 0 Å². The number of carbonyl (C=O) groups excluding carboxylic acids is 1. The average Bonchev–Trinajstić information content (AvgIpc) is 2.95. The van der Waals surface area contributed by atoms with Crippen molar-refractivity contribution in [3.63, 3.8) is 0 Å². The van der Waals surface area contributed by atoms with E-state index >= 15 is 0 Å². The second-order valence-electron chi connectivity index (χ2n) is 3.77. The van der Waals surface area contributed by atoms with E-state index in [1.54, 1.807) is 0 Å². The van der Waals surface area contributed by atoms with Crippen LogP contribution in [0.2, 0.25) is 0 Å². The molecule has 1 N–H and O–H groups in total. The van der Waals surface area contributed by atoms with E-state index in [1.165, 1.54) is 6.42 Å². The summed E-state index contributed by atoms with van der Waals surface area (Å²) >= 11 is 0. The highest BCUT2D eigenvalue weighted by atomic mass is 16.6. The van der Waals surface area contributed by atoms with Crippen LogP contribution < -0.4 is 5.32 Å². The Hall–Kier alpha value is -0.610. The lowest BCUT2D eigenvalue weighted by Gasteiger charge is -2.14. The van der Waals surface area contributed by atoms with Crippen molar-refractivity contribution in [2.75, 3.05) is 33.3 Å². The van der Waals surface area contributed by atoms with E-state index in [0.29, 0.717) is 6.61 Å². The number of rotatable bonds is 7. The summed E-state index contributed by atoms with van der Waals surface area (Å²) < 4.78 is 4.86. The molecule has 0 aromatic carbocycles. The molecule has 0 aromatic heterocycles. The van der Waals surface area contributed by atoms with Gasteiger partial charge in [-0.15, -0.1) is 0 Å². The molecule has 0 saturated carbocycles. The molecule has 14 heavy (non-hydrogen) atoms. The Morgan fingerprint density at radius 1 is 1.57 bits per heavy atom. The zero-order valence-corrected chi connectivity index (χ0v) is 9.08. The normalized spacial score (nSPS) is 19.8. The second-order valence-corrected chi connectivity index (χ2v) is 3.77. The molecular weight excluding hydrogens is 180 g/mol. The summed E-state index contributed by atoms with van der Waals surface area (Å²) in [6, 6.07) is 0. The highest BCUT2D eigenvalue weighted by Gasteiger charge is 2.30. The van der Waals surface area contributed by atoms with Gasteiger partial charge in [0.05, 0.1) is 6.61 Å². The van der Waals surface area contributed by atoms with Crippen LogP contribution in [0.3, 0.4) is 0 Å². The van der Waals surface area contributed by atoms with Crippen LogP contribution >= 0.6 is 0 Å². The van der Waals surface area contributed by atoms with Gasteiger partial charge in [0.2, 0.25) is 0 Å². The Morgan fingerprint density at radius 2 is 2.29 bits per heavy atom.